The van der Waals surface area contributed by atoms with Crippen molar-refractivity contribution in [3.8, 4) is 5.75 Å². The number of halogens is 1. The summed E-state index contributed by atoms with van der Waals surface area (Å²) >= 11 is 3.52. The van der Waals surface area contributed by atoms with Gasteiger partial charge in [-0.2, -0.15) is 0 Å². The molecule has 0 spiro atoms. The highest BCUT2D eigenvalue weighted by Gasteiger charge is 2.41. The van der Waals surface area contributed by atoms with E-state index in [9.17, 15) is 0 Å². The SMILES string of the molecule is CCCC1(CNCC2Cc3cc(Br)ccc3O2)CC1. The van der Waals surface area contributed by atoms with E-state index in [1.807, 2.05) is 0 Å². The topological polar surface area (TPSA) is 21.3 Å². The molecule has 0 aromatic heterocycles. The number of nitrogens with one attached hydrogen (secondary N) is 1. The summed E-state index contributed by atoms with van der Waals surface area (Å²) in [5.74, 6) is 1.06. The molecule has 0 amide bonds. The van der Waals surface area contributed by atoms with Crippen molar-refractivity contribution in [1.29, 1.82) is 0 Å². The second-order valence-corrected chi connectivity index (χ2v) is 6.99. The van der Waals surface area contributed by atoms with E-state index in [-0.39, 0.29) is 0 Å². The van der Waals surface area contributed by atoms with E-state index in [4.69, 9.17) is 4.74 Å². The first-order valence-corrected chi connectivity index (χ1v) is 8.16. The molecule has 1 aromatic rings. The lowest BCUT2D eigenvalue weighted by Crippen LogP contribution is -2.34. The Hall–Kier alpha value is -0.540. The highest BCUT2D eigenvalue weighted by Crippen LogP contribution is 2.48. The van der Waals surface area contributed by atoms with Gasteiger partial charge in [-0.1, -0.05) is 29.3 Å². The van der Waals surface area contributed by atoms with Gasteiger partial charge in [0.15, 0.2) is 0 Å². The van der Waals surface area contributed by atoms with Gasteiger partial charge in [0.25, 0.3) is 0 Å². The lowest BCUT2D eigenvalue weighted by atomic mass is 10.0. The van der Waals surface area contributed by atoms with Gasteiger partial charge in [0, 0.05) is 24.0 Å². The van der Waals surface area contributed by atoms with Gasteiger partial charge in [-0.3, -0.25) is 0 Å². The maximum Gasteiger partial charge on any atom is 0.123 e. The molecule has 1 unspecified atom stereocenters. The van der Waals surface area contributed by atoms with Crippen LogP contribution in [0.4, 0.5) is 0 Å². The quantitative estimate of drug-likeness (QED) is 0.856. The van der Waals surface area contributed by atoms with Crippen LogP contribution in [-0.2, 0) is 6.42 Å². The number of hydrogen-bond acceptors (Lipinski definition) is 2. The Morgan fingerprint density at radius 2 is 2.26 bits per heavy atom. The lowest BCUT2D eigenvalue weighted by molar-refractivity contribution is 0.222. The first-order valence-electron chi connectivity index (χ1n) is 7.37. The molecule has 1 atom stereocenters. The number of ether oxygens (including phenoxy) is 1. The van der Waals surface area contributed by atoms with Crippen LogP contribution in [0, 0.1) is 5.41 Å². The normalized spacial score (nSPS) is 22.9. The Kier molecular flexibility index (Phi) is 3.86. The van der Waals surface area contributed by atoms with Crippen molar-refractivity contribution in [3.05, 3.63) is 28.2 Å². The zero-order chi connectivity index (χ0) is 13.3. The maximum atomic E-state index is 5.97. The van der Waals surface area contributed by atoms with E-state index in [1.54, 1.807) is 0 Å². The molecule has 1 aliphatic heterocycles. The standard InChI is InChI=1S/C16H22BrNO/c1-2-5-16(6-7-16)11-18-10-14-9-12-8-13(17)3-4-15(12)19-14/h3-4,8,14,18H,2,5-7,9-11H2,1H3. The molecule has 1 saturated carbocycles. The molecule has 2 aliphatic rings. The van der Waals surface area contributed by atoms with E-state index in [2.05, 4.69) is 46.4 Å². The monoisotopic (exact) mass is 323 g/mol. The van der Waals surface area contributed by atoms with Crippen LogP contribution in [-0.4, -0.2) is 19.2 Å². The Bertz CT molecular complexity index is 456. The predicted molar refractivity (Wildman–Crippen MR) is 81.7 cm³/mol. The fraction of sp³-hybridized carbons (Fsp3) is 0.625. The van der Waals surface area contributed by atoms with Gasteiger partial charge in [0.1, 0.15) is 11.9 Å². The van der Waals surface area contributed by atoms with Gasteiger partial charge in [0.05, 0.1) is 0 Å². The minimum Gasteiger partial charge on any atom is -0.488 e. The molecular formula is C16H22BrNO. The van der Waals surface area contributed by atoms with Crippen molar-refractivity contribution in [2.24, 2.45) is 5.41 Å². The molecule has 19 heavy (non-hydrogen) atoms. The summed E-state index contributed by atoms with van der Waals surface area (Å²) in [5, 5.41) is 3.63. The van der Waals surface area contributed by atoms with Crippen molar-refractivity contribution in [1.82, 2.24) is 5.32 Å². The van der Waals surface area contributed by atoms with Crippen LogP contribution in [0.15, 0.2) is 22.7 Å². The maximum absolute atomic E-state index is 5.97. The van der Waals surface area contributed by atoms with Crippen LogP contribution in [0.1, 0.15) is 38.2 Å². The van der Waals surface area contributed by atoms with E-state index in [0.29, 0.717) is 11.5 Å². The van der Waals surface area contributed by atoms with E-state index in [1.165, 1.54) is 37.8 Å². The Labute approximate surface area is 124 Å². The zero-order valence-corrected chi connectivity index (χ0v) is 13.1. The van der Waals surface area contributed by atoms with E-state index in [0.717, 1.165) is 23.2 Å². The largest absolute Gasteiger partial charge is 0.488 e. The summed E-state index contributed by atoms with van der Waals surface area (Å²) in [4.78, 5) is 0. The molecule has 2 nitrogen and oxygen atoms in total. The van der Waals surface area contributed by atoms with Crippen molar-refractivity contribution in [2.75, 3.05) is 13.1 Å². The number of benzene rings is 1. The summed E-state index contributed by atoms with van der Waals surface area (Å²) < 4.78 is 7.12. The second kappa shape index (κ2) is 5.45. The van der Waals surface area contributed by atoms with Crippen LogP contribution in [0.2, 0.25) is 0 Å². The molecule has 3 heteroatoms. The molecule has 104 valence electrons. The molecule has 0 saturated heterocycles. The van der Waals surface area contributed by atoms with Crippen molar-refractivity contribution < 1.29 is 4.74 Å². The van der Waals surface area contributed by atoms with Crippen LogP contribution in [0.5, 0.6) is 5.75 Å². The highest BCUT2D eigenvalue weighted by molar-refractivity contribution is 9.10. The van der Waals surface area contributed by atoms with Gasteiger partial charge < -0.3 is 10.1 Å². The van der Waals surface area contributed by atoms with Gasteiger partial charge in [-0.05, 0) is 48.4 Å². The summed E-state index contributed by atoms with van der Waals surface area (Å²) in [5.41, 5.74) is 1.96. The summed E-state index contributed by atoms with van der Waals surface area (Å²) in [6.45, 7) is 4.42. The Balaban J connectivity index is 1.46. The Morgan fingerprint density at radius 3 is 3.00 bits per heavy atom. The van der Waals surface area contributed by atoms with Gasteiger partial charge in [-0.15, -0.1) is 0 Å². The third-order valence-electron chi connectivity index (χ3n) is 4.37. The molecule has 0 bridgehead atoms. The summed E-state index contributed by atoms with van der Waals surface area (Å²) in [6.07, 6.45) is 6.84. The molecule has 3 rings (SSSR count). The van der Waals surface area contributed by atoms with Gasteiger partial charge >= 0.3 is 0 Å². The van der Waals surface area contributed by atoms with Crippen molar-refractivity contribution in [2.45, 2.75) is 45.1 Å². The van der Waals surface area contributed by atoms with Crippen LogP contribution in [0.3, 0.4) is 0 Å². The van der Waals surface area contributed by atoms with E-state index >= 15 is 0 Å². The van der Waals surface area contributed by atoms with Gasteiger partial charge in [-0.25, -0.2) is 0 Å². The first kappa shape index (κ1) is 13.4. The average molecular weight is 324 g/mol. The number of hydrogen-bond donors (Lipinski definition) is 1. The predicted octanol–water partition coefficient (Wildman–Crippen LogP) is 3.92. The molecule has 1 N–H and O–H groups in total. The number of rotatable bonds is 6. The Morgan fingerprint density at radius 1 is 1.42 bits per heavy atom. The highest BCUT2D eigenvalue weighted by atomic mass is 79.9. The minimum atomic E-state index is 0.307. The van der Waals surface area contributed by atoms with Crippen LogP contribution in [0.25, 0.3) is 0 Å². The number of fused-ring (bicyclic) bond motifs is 1. The fourth-order valence-corrected chi connectivity index (χ4v) is 3.53. The lowest BCUT2D eigenvalue weighted by Gasteiger charge is -2.17. The molecule has 1 aliphatic carbocycles. The first-order chi connectivity index (χ1) is 9.21. The third kappa shape index (κ3) is 3.14. The fourth-order valence-electron chi connectivity index (χ4n) is 3.12. The van der Waals surface area contributed by atoms with Crippen molar-refractivity contribution >= 4 is 15.9 Å². The van der Waals surface area contributed by atoms with Crippen LogP contribution >= 0.6 is 15.9 Å². The molecule has 1 aromatic carbocycles. The van der Waals surface area contributed by atoms with Gasteiger partial charge in [0.2, 0.25) is 0 Å². The minimum absolute atomic E-state index is 0.307. The molecular weight excluding hydrogens is 302 g/mol. The van der Waals surface area contributed by atoms with Crippen molar-refractivity contribution in [3.63, 3.8) is 0 Å². The molecule has 1 heterocycles. The molecule has 0 radical (unpaired) electrons. The van der Waals surface area contributed by atoms with Crippen LogP contribution < -0.4 is 10.1 Å². The average Bonchev–Trinajstić information content (AvgIpc) is 3.01. The summed E-state index contributed by atoms with van der Waals surface area (Å²) in [7, 11) is 0. The summed E-state index contributed by atoms with van der Waals surface area (Å²) in [6, 6.07) is 6.29. The molecule has 1 fully saturated rings. The second-order valence-electron chi connectivity index (χ2n) is 6.08. The van der Waals surface area contributed by atoms with E-state index < -0.39 is 0 Å². The smallest absolute Gasteiger partial charge is 0.123 e. The third-order valence-corrected chi connectivity index (χ3v) is 4.87. The zero-order valence-electron chi connectivity index (χ0n) is 11.5.